The first-order valence-corrected chi connectivity index (χ1v) is 15.6. The number of anilines is 1. The Labute approximate surface area is 270 Å². The molecule has 0 saturated carbocycles. The van der Waals surface area contributed by atoms with Gasteiger partial charge in [-0.2, -0.15) is 0 Å². The zero-order chi connectivity index (χ0) is 33.4. The topological polar surface area (TPSA) is 124 Å². The van der Waals surface area contributed by atoms with Crippen LogP contribution in [0, 0.1) is 5.92 Å². The summed E-state index contributed by atoms with van der Waals surface area (Å²) >= 11 is 0. The minimum atomic E-state index is -0.658. The van der Waals surface area contributed by atoms with E-state index in [1.165, 1.54) is 6.92 Å². The van der Waals surface area contributed by atoms with Crippen molar-refractivity contribution in [1.82, 2.24) is 10.6 Å². The third-order valence-corrected chi connectivity index (χ3v) is 8.61. The summed E-state index contributed by atoms with van der Waals surface area (Å²) in [5.41, 5.74) is 4.04. The van der Waals surface area contributed by atoms with Crippen LogP contribution in [-0.4, -0.2) is 52.8 Å². The normalized spacial score (nSPS) is 14.8. The summed E-state index contributed by atoms with van der Waals surface area (Å²) in [6.07, 6.45) is 2.47. The van der Waals surface area contributed by atoms with E-state index < -0.39 is 12.1 Å². The average Bonchev–Trinajstić information content (AvgIpc) is 3.30. The quantitative estimate of drug-likeness (QED) is 0.239. The fourth-order valence-corrected chi connectivity index (χ4v) is 6.04. The van der Waals surface area contributed by atoms with Crippen molar-refractivity contribution in [3.8, 4) is 34.1 Å². The van der Waals surface area contributed by atoms with Crippen LogP contribution in [0.5, 0.6) is 23.0 Å². The molecule has 3 aromatic carbocycles. The minimum absolute atomic E-state index is 0.0707. The predicted octanol–water partition coefficient (Wildman–Crippen LogP) is 5.06. The highest BCUT2D eigenvalue weighted by atomic mass is 16.5. The fourth-order valence-electron chi connectivity index (χ4n) is 6.04. The monoisotopic (exact) mass is 631 g/mol. The second-order valence-electron chi connectivity index (χ2n) is 11.5. The lowest BCUT2D eigenvalue weighted by molar-refractivity contribution is -0.123. The summed E-state index contributed by atoms with van der Waals surface area (Å²) < 4.78 is 22.6. The highest BCUT2D eigenvalue weighted by Gasteiger charge is 2.30. The molecule has 0 spiro atoms. The molecule has 0 radical (unpaired) electrons. The number of fused-ring (bicyclic) bond motifs is 3. The minimum Gasteiger partial charge on any atom is -0.496 e. The van der Waals surface area contributed by atoms with Crippen molar-refractivity contribution in [2.24, 2.45) is 5.92 Å². The molecule has 246 valence electrons. The molecule has 3 N–H and O–H groups in total. The molecule has 0 fully saturated rings. The van der Waals surface area contributed by atoms with Crippen LogP contribution in [-0.2, 0) is 22.4 Å². The first-order chi connectivity index (χ1) is 22.2. The maximum absolute atomic E-state index is 13.9. The molecule has 10 heteroatoms. The molecular formula is C36H45N3O7. The number of aryl methyl sites for hydroxylation is 1. The SMILES string of the molecule is CC[C@H](C)[C@@H](Nc1ccc2c(cc1=O)[C@H](NC(C)=O)CCc1cc(OC)c(OC)c(OC)c1-2)C(=O)NCCc1ccccc1OC. The van der Waals surface area contributed by atoms with Crippen LogP contribution in [0.15, 0.2) is 53.3 Å². The van der Waals surface area contributed by atoms with Crippen LogP contribution in [0.3, 0.4) is 0 Å². The smallest absolute Gasteiger partial charge is 0.242 e. The van der Waals surface area contributed by atoms with E-state index >= 15 is 0 Å². The van der Waals surface area contributed by atoms with Gasteiger partial charge in [-0.25, -0.2) is 0 Å². The lowest BCUT2D eigenvalue weighted by atomic mass is 9.95. The van der Waals surface area contributed by atoms with Crippen LogP contribution in [0.25, 0.3) is 11.1 Å². The summed E-state index contributed by atoms with van der Waals surface area (Å²) in [5, 5.41) is 9.33. The Hall–Kier alpha value is -4.73. The molecule has 3 atom stereocenters. The van der Waals surface area contributed by atoms with E-state index in [0.717, 1.165) is 34.4 Å². The molecule has 0 unspecified atom stereocenters. The fraction of sp³-hybridized carbons (Fsp3) is 0.417. The number of carbonyl (C=O) groups is 2. The predicted molar refractivity (Wildman–Crippen MR) is 179 cm³/mol. The summed E-state index contributed by atoms with van der Waals surface area (Å²) in [6.45, 7) is 5.86. The van der Waals surface area contributed by atoms with Crippen molar-refractivity contribution in [2.45, 2.75) is 58.5 Å². The second kappa shape index (κ2) is 15.5. The Morgan fingerprint density at radius 2 is 1.65 bits per heavy atom. The van der Waals surface area contributed by atoms with Gasteiger partial charge in [0.25, 0.3) is 0 Å². The number of ether oxygens (including phenoxy) is 4. The van der Waals surface area contributed by atoms with Gasteiger partial charge in [0, 0.05) is 19.0 Å². The van der Waals surface area contributed by atoms with Crippen molar-refractivity contribution in [2.75, 3.05) is 40.3 Å². The van der Waals surface area contributed by atoms with E-state index in [-0.39, 0.29) is 28.8 Å². The van der Waals surface area contributed by atoms with E-state index in [1.807, 2.05) is 50.2 Å². The number of hydrogen-bond donors (Lipinski definition) is 3. The number of methoxy groups -OCH3 is 4. The maximum atomic E-state index is 13.9. The molecule has 10 nitrogen and oxygen atoms in total. The van der Waals surface area contributed by atoms with Crippen LogP contribution >= 0.6 is 0 Å². The van der Waals surface area contributed by atoms with Crippen LogP contribution < -0.4 is 40.3 Å². The third-order valence-electron chi connectivity index (χ3n) is 8.61. The largest absolute Gasteiger partial charge is 0.496 e. The Morgan fingerprint density at radius 1 is 0.935 bits per heavy atom. The van der Waals surface area contributed by atoms with Gasteiger partial charge in [0.1, 0.15) is 11.8 Å². The van der Waals surface area contributed by atoms with Gasteiger partial charge in [0.15, 0.2) is 11.5 Å². The molecule has 2 amide bonds. The van der Waals surface area contributed by atoms with E-state index in [1.54, 1.807) is 40.6 Å². The van der Waals surface area contributed by atoms with Gasteiger partial charge >= 0.3 is 0 Å². The molecule has 46 heavy (non-hydrogen) atoms. The maximum Gasteiger partial charge on any atom is 0.242 e. The third kappa shape index (κ3) is 7.38. The molecule has 0 bridgehead atoms. The molecule has 0 aliphatic heterocycles. The molecule has 4 rings (SSSR count). The summed E-state index contributed by atoms with van der Waals surface area (Å²) in [6, 6.07) is 13.6. The zero-order valence-corrected chi connectivity index (χ0v) is 27.7. The van der Waals surface area contributed by atoms with Crippen LogP contribution in [0.4, 0.5) is 5.69 Å². The molecule has 1 aliphatic carbocycles. The first kappa shape index (κ1) is 34.1. The Morgan fingerprint density at radius 3 is 2.30 bits per heavy atom. The summed E-state index contributed by atoms with van der Waals surface area (Å²) in [5.74, 6) is 1.73. The first-order valence-electron chi connectivity index (χ1n) is 15.6. The van der Waals surface area contributed by atoms with Gasteiger partial charge in [-0.15, -0.1) is 0 Å². The van der Waals surface area contributed by atoms with Crippen molar-refractivity contribution < 1.29 is 28.5 Å². The highest BCUT2D eigenvalue weighted by molar-refractivity contribution is 5.86. The Balaban J connectivity index is 1.75. The zero-order valence-electron chi connectivity index (χ0n) is 27.7. The van der Waals surface area contributed by atoms with E-state index in [4.69, 9.17) is 18.9 Å². The van der Waals surface area contributed by atoms with Gasteiger partial charge in [-0.3, -0.25) is 14.4 Å². The summed E-state index contributed by atoms with van der Waals surface area (Å²) in [7, 11) is 6.30. The molecule has 0 saturated heterocycles. The summed E-state index contributed by atoms with van der Waals surface area (Å²) in [4.78, 5) is 39.7. The number of rotatable bonds is 13. The lowest BCUT2D eigenvalue weighted by Crippen LogP contribution is -2.45. The second-order valence-corrected chi connectivity index (χ2v) is 11.5. The number of hydrogen-bond acceptors (Lipinski definition) is 8. The van der Waals surface area contributed by atoms with Gasteiger partial charge in [0.2, 0.25) is 23.0 Å². The van der Waals surface area contributed by atoms with Crippen molar-refractivity contribution in [1.29, 1.82) is 0 Å². The molecular weight excluding hydrogens is 586 g/mol. The highest BCUT2D eigenvalue weighted by Crippen LogP contribution is 2.50. The van der Waals surface area contributed by atoms with Crippen LogP contribution in [0.2, 0.25) is 0 Å². The van der Waals surface area contributed by atoms with Crippen molar-refractivity contribution in [3.63, 3.8) is 0 Å². The number of para-hydroxylation sites is 1. The van der Waals surface area contributed by atoms with E-state index in [2.05, 4.69) is 16.0 Å². The van der Waals surface area contributed by atoms with E-state index in [9.17, 15) is 14.4 Å². The average molecular weight is 632 g/mol. The lowest BCUT2D eigenvalue weighted by Gasteiger charge is -2.24. The Kier molecular flexibility index (Phi) is 11.5. The van der Waals surface area contributed by atoms with Gasteiger partial charge in [0.05, 0.1) is 40.2 Å². The van der Waals surface area contributed by atoms with E-state index in [0.29, 0.717) is 48.6 Å². The number of amides is 2. The molecule has 3 aromatic rings. The van der Waals surface area contributed by atoms with Gasteiger partial charge < -0.3 is 34.9 Å². The van der Waals surface area contributed by atoms with Crippen LogP contribution in [0.1, 0.15) is 56.3 Å². The van der Waals surface area contributed by atoms with Crippen molar-refractivity contribution in [3.05, 3.63) is 75.4 Å². The molecule has 0 aromatic heterocycles. The molecule has 0 heterocycles. The Bertz CT molecular complexity index is 1620. The molecule has 1 aliphatic rings. The standard InChI is InChI=1S/C36H45N3O7/c1-8-21(2)33(36(42)37-18-17-23-11-9-10-12-30(23)43-4)39-28-16-14-25-26(20-29(28)41)27(38-22(3)40)15-13-24-19-31(44-5)34(45-6)35(46-7)32(24)25/h9-12,14,16,19-21,27,33H,8,13,15,17-18H2,1-7H3,(H,37,42)(H,38,40)(H,39,41)/t21-,27+,33+/m0/s1. The van der Waals surface area contributed by atoms with Crippen molar-refractivity contribution >= 4 is 17.5 Å². The number of nitrogens with one attached hydrogen (secondary N) is 3. The van der Waals surface area contributed by atoms with Gasteiger partial charge in [-0.1, -0.05) is 44.5 Å². The number of benzene rings is 2. The van der Waals surface area contributed by atoms with Gasteiger partial charge in [-0.05, 0) is 71.7 Å². The number of carbonyl (C=O) groups excluding carboxylic acids is 2.